The Hall–Kier alpha value is -3.86. The average Bonchev–Trinajstić information content (AvgIpc) is 2.80. The van der Waals surface area contributed by atoms with Crippen molar-refractivity contribution in [2.24, 2.45) is 0 Å². The molecule has 162 valence electrons. The van der Waals surface area contributed by atoms with E-state index >= 15 is 0 Å². The second-order valence-electron chi connectivity index (χ2n) is 7.70. The molecule has 0 aliphatic carbocycles. The third kappa shape index (κ3) is 4.28. The first-order valence-corrected chi connectivity index (χ1v) is 10.1. The molecule has 0 radical (unpaired) electrons. The molecule has 0 unspecified atom stereocenters. The Morgan fingerprint density at radius 1 is 0.594 bits per heavy atom. The number of phenols is 2. The summed E-state index contributed by atoms with van der Waals surface area (Å²) in [5.41, 5.74) is 4.29. The van der Waals surface area contributed by atoms with Gasteiger partial charge in [-0.2, -0.15) is 8.78 Å². The molecule has 4 aromatic rings. The second-order valence-corrected chi connectivity index (χ2v) is 7.70. The molecule has 0 atom stereocenters. The monoisotopic (exact) mass is 432 g/mol. The van der Waals surface area contributed by atoms with E-state index in [1.54, 1.807) is 36.4 Å². The number of aromatic hydroxyl groups is 2. The fraction of sp³-hybridized carbons (Fsp3) is 0.111. The fourth-order valence-electron chi connectivity index (χ4n) is 3.91. The molecule has 0 fully saturated rings. The van der Waals surface area contributed by atoms with Crippen LogP contribution in [0, 0.1) is 0 Å². The first kappa shape index (κ1) is 21.4. The van der Waals surface area contributed by atoms with Gasteiger partial charge in [0.15, 0.2) is 0 Å². The van der Waals surface area contributed by atoms with Gasteiger partial charge in [-0.1, -0.05) is 60.7 Å². The number of hydrogen-bond donors (Lipinski definition) is 2. The molecule has 32 heavy (non-hydrogen) atoms. The molecule has 4 aromatic carbocycles. The second kappa shape index (κ2) is 8.71. The van der Waals surface area contributed by atoms with E-state index in [9.17, 15) is 19.0 Å². The molecule has 0 heterocycles. The topological polar surface area (TPSA) is 49.7 Å². The molecular formula is C27H22F2O3. The molecule has 0 saturated carbocycles. The summed E-state index contributed by atoms with van der Waals surface area (Å²) in [5, 5.41) is 19.5. The van der Waals surface area contributed by atoms with Crippen LogP contribution in [0.1, 0.15) is 23.6 Å². The Kier molecular flexibility index (Phi) is 5.82. The Bertz CT molecular complexity index is 1120. The van der Waals surface area contributed by atoms with Crippen molar-refractivity contribution in [2.75, 3.05) is 0 Å². The van der Waals surface area contributed by atoms with Gasteiger partial charge in [0.2, 0.25) is 0 Å². The van der Waals surface area contributed by atoms with Crippen molar-refractivity contribution in [1.82, 2.24) is 0 Å². The smallest absolute Gasteiger partial charge is 0.387 e. The lowest BCUT2D eigenvalue weighted by atomic mass is 9.71. The molecule has 0 aliphatic rings. The summed E-state index contributed by atoms with van der Waals surface area (Å²) in [4.78, 5) is 0. The minimum Gasteiger partial charge on any atom is -0.508 e. The maximum Gasteiger partial charge on any atom is 0.387 e. The quantitative estimate of drug-likeness (QED) is 0.333. The zero-order valence-electron chi connectivity index (χ0n) is 17.4. The molecule has 0 aliphatic heterocycles. The first-order valence-electron chi connectivity index (χ1n) is 10.1. The predicted octanol–water partition coefficient (Wildman–Crippen LogP) is 6.72. The lowest BCUT2D eigenvalue weighted by molar-refractivity contribution is -0.0498. The normalized spacial score (nSPS) is 11.5. The van der Waals surface area contributed by atoms with Crippen LogP contribution < -0.4 is 4.74 Å². The van der Waals surface area contributed by atoms with Gasteiger partial charge >= 0.3 is 6.61 Å². The van der Waals surface area contributed by atoms with Gasteiger partial charge in [-0.25, -0.2) is 0 Å². The van der Waals surface area contributed by atoms with Crippen LogP contribution in [0.4, 0.5) is 8.78 Å². The number of alkyl halides is 2. The van der Waals surface area contributed by atoms with Gasteiger partial charge in [-0.05, 0) is 71.1 Å². The number of rotatable bonds is 6. The van der Waals surface area contributed by atoms with Crippen molar-refractivity contribution in [1.29, 1.82) is 0 Å². The van der Waals surface area contributed by atoms with Crippen LogP contribution in [0.15, 0.2) is 97.1 Å². The Morgan fingerprint density at radius 2 is 0.938 bits per heavy atom. The maximum absolute atomic E-state index is 12.4. The van der Waals surface area contributed by atoms with Crippen molar-refractivity contribution in [3.05, 3.63) is 114 Å². The van der Waals surface area contributed by atoms with E-state index in [0.29, 0.717) is 0 Å². The van der Waals surface area contributed by atoms with Gasteiger partial charge in [0.25, 0.3) is 0 Å². The molecular weight excluding hydrogens is 410 g/mol. The van der Waals surface area contributed by atoms with Crippen LogP contribution in [0.2, 0.25) is 0 Å². The van der Waals surface area contributed by atoms with Crippen molar-refractivity contribution < 1.29 is 23.7 Å². The molecule has 2 N–H and O–H groups in total. The molecule has 3 nitrogen and oxygen atoms in total. The lowest BCUT2D eigenvalue weighted by Gasteiger charge is -2.32. The van der Waals surface area contributed by atoms with E-state index in [1.807, 2.05) is 48.5 Å². The number of benzene rings is 4. The van der Waals surface area contributed by atoms with Crippen LogP contribution in [0.3, 0.4) is 0 Å². The van der Waals surface area contributed by atoms with Gasteiger partial charge < -0.3 is 14.9 Å². The molecule has 0 saturated heterocycles. The molecule has 0 bridgehead atoms. The van der Waals surface area contributed by atoms with Crippen LogP contribution in [0.25, 0.3) is 11.1 Å². The summed E-state index contributed by atoms with van der Waals surface area (Å²) in [6, 6.07) is 28.7. The molecule has 0 spiro atoms. The standard InChI is InChI=1S/C27H22F2O3/c1-27(21-8-12-23(30)13-9-21,22-10-14-24(31)15-11-22)20-6-2-18(3-7-20)19-4-16-25(17-5-19)32-26(28)29/h2-17,26,30-31H,1H3. The fourth-order valence-corrected chi connectivity index (χ4v) is 3.91. The molecule has 0 amide bonds. The lowest BCUT2D eigenvalue weighted by Crippen LogP contribution is -2.25. The zero-order valence-corrected chi connectivity index (χ0v) is 17.4. The van der Waals surface area contributed by atoms with Crippen molar-refractivity contribution in [3.8, 4) is 28.4 Å². The highest BCUT2D eigenvalue weighted by Gasteiger charge is 2.31. The van der Waals surface area contributed by atoms with E-state index in [1.165, 1.54) is 12.1 Å². The minimum atomic E-state index is -2.85. The van der Waals surface area contributed by atoms with Gasteiger partial charge in [0, 0.05) is 5.41 Å². The van der Waals surface area contributed by atoms with Crippen LogP contribution in [-0.4, -0.2) is 16.8 Å². The van der Waals surface area contributed by atoms with Gasteiger partial charge in [0.1, 0.15) is 17.2 Å². The number of phenolic OH excluding ortho intramolecular Hbond substituents is 2. The average molecular weight is 432 g/mol. The summed E-state index contributed by atoms with van der Waals surface area (Å²) in [6.07, 6.45) is 0. The molecule has 4 rings (SSSR count). The summed E-state index contributed by atoms with van der Waals surface area (Å²) in [6.45, 7) is -0.755. The van der Waals surface area contributed by atoms with Crippen molar-refractivity contribution in [2.45, 2.75) is 19.0 Å². The van der Waals surface area contributed by atoms with Crippen LogP contribution in [0.5, 0.6) is 17.2 Å². The number of ether oxygens (including phenoxy) is 1. The molecule has 0 aromatic heterocycles. The maximum atomic E-state index is 12.4. The van der Waals surface area contributed by atoms with Crippen LogP contribution in [-0.2, 0) is 5.41 Å². The first-order chi connectivity index (χ1) is 15.4. The third-order valence-electron chi connectivity index (χ3n) is 5.76. The Morgan fingerprint density at radius 3 is 1.31 bits per heavy atom. The zero-order chi connectivity index (χ0) is 22.7. The SMILES string of the molecule is CC(c1ccc(O)cc1)(c1ccc(O)cc1)c1ccc(-c2ccc(OC(F)F)cc2)cc1. The predicted molar refractivity (Wildman–Crippen MR) is 120 cm³/mol. The highest BCUT2D eigenvalue weighted by molar-refractivity contribution is 5.65. The third-order valence-corrected chi connectivity index (χ3v) is 5.76. The molecule has 5 heteroatoms. The van der Waals surface area contributed by atoms with Gasteiger partial charge in [-0.15, -0.1) is 0 Å². The van der Waals surface area contributed by atoms with E-state index in [2.05, 4.69) is 11.7 Å². The van der Waals surface area contributed by atoms with E-state index in [-0.39, 0.29) is 17.2 Å². The minimum absolute atomic E-state index is 0.118. The summed E-state index contributed by atoms with van der Waals surface area (Å²) < 4.78 is 29.2. The summed E-state index contributed by atoms with van der Waals surface area (Å²) >= 11 is 0. The van der Waals surface area contributed by atoms with E-state index in [0.717, 1.165) is 27.8 Å². The summed E-state index contributed by atoms with van der Waals surface area (Å²) in [7, 11) is 0. The van der Waals surface area contributed by atoms with Crippen molar-refractivity contribution in [3.63, 3.8) is 0 Å². The summed E-state index contributed by atoms with van der Waals surface area (Å²) in [5.74, 6) is 0.500. The van der Waals surface area contributed by atoms with Gasteiger partial charge in [0.05, 0.1) is 0 Å². The Labute approximate surface area is 185 Å². The van der Waals surface area contributed by atoms with E-state index < -0.39 is 12.0 Å². The van der Waals surface area contributed by atoms with Gasteiger partial charge in [-0.3, -0.25) is 0 Å². The van der Waals surface area contributed by atoms with Crippen molar-refractivity contribution >= 4 is 0 Å². The van der Waals surface area contributed by atoms with Crippen LogP contribution >= 0.6 is 0 Å². The van der Waals surface area contributed by atoms with E-state index in [4.69, 9.17) is 0 Å². The number of halogens is 2. The number of hydrogen-bond acceptors (Lipinski definition) is 3. The highest BCUT2D eigenvalue weighted by Crippen LogP contribution is 2.40. The highest BCUT2D eigenvalue weighted by atomic mass is 19.3. The Balaban J connectivity index is 1.72. The largest absolute Gasteiger partial charge is 0.508 e.